The highest BCUT2D eigenvalue weighted by atomic mass is 15.2. The Morgan fingerprint density at radius 2 is 0.812 bits per heavy atom. The van der Waals surface area contributed by atoms with Gasteiger partial charge < -0.3 is 9.13 Å². The van der Waals surface area contributed by atoms with Gasteiger partial charge in [-0.05, 0) is 89.5 Å². The zero-order valence-electron chi connectivity index (χ0n) is 37.0. The van der Waals surface area contributed by atoms with Crippen LogP contribution in [0.2, 0.25) is 0 Å². The lowest BCUT2D eigenvalue weighted by molar-refractivity contribution is 0.953. The summed E-state index contributed by atoms with van der Waals surface area (Å²) in [6, 6.07) is 74.5. The summed E-state index contributed by atoms with van der Waals surface area (Å²) in [4.78, 5) is 25.1. The summed E-state index contributed by atoms with van der Waals surface area (Å²) in [6.07, 6.45) is 5.79. The molecule has 8 nitrogen and oxygen atoms in total. The largest absolute Gasteiger partial charge is 0.308 e. The first kappa shape index (κ1) is 38.7. The van der Waals surface area contributed by atoms with Crippen LogP contribution in [0.4, 0.5) is 0 Å². The molecule has 0 amide bonds. The molecule has 0 spiro atoms. The van der Waals surface area contributed by atoms with Crippen LogP contribution in [-0.4, -0.2) is 38.6 Å². The van der Waals surface area contributed by atoms with E-state index in [1.54, 1.807) is 0 Å². The monoisotopic (exact) mass is 882 g/mol. The lowest BCUT2D eigenvalue weighted by Crippen LogP contribution is -2.06. The van der Waals surface area contributed by atoms with E-state index in [0.717, 1.165) is 105 Å². The van der Waals surface area contributed by atoms with E-state index in [9.17, 15) is 0 Å². The third-order valence-electron chi connectivity index (χ3n) is 13.4. The molecule has 0 N–H and O–H groups in total. The summed E-state index contributed by atoms with van der Waals surface area (Å²) in [5.41, 5.74) is 15.7. The van der Waals surface area contributed by atoms with Gasteiger partial charge in [0.25, 0.3) is 0 Å². The van der Waals surface area contributed by atoms with Gasteiger partial charge in [-0.2, -0.15) is 9.97 Å². The molecule has 6 aromatic heterocycles. The van der Waals surface area contributed by atoms with E-state index in [1.807, 2.05) is 91.4 Å². The van der Waals surface area contributed by atoms with Gasteiger partial charge in [0.05, 0.1) is 50.5 Å². The maximum atomic E-state index is 5.17. The standard InChI is InChI=1S/C61H38N8/c1-4-15-39(16-5-1)59-64-60(40-17-6-2-7-18-40)66-61(65-59)69-53-24-13-10-21-47(53)49-29-26-43(36-57(49)69)41-27-30-54-50(34-41)48-22-11-12-23-52(48)68(54)46-33-44(37-62-38-46)42-28-31-55-51(35-42)58-56(25-14-32-63-58)67(55)45-19-8-3-9-20-45/h1-38H. The van der Waals surface area contributed by atoms with Crippen molar-refractivity contribution in [3.8, 4) is 62.4 Å². The van der Waals surface area contributed by atoms with Crippen LogP contribution in [0.15, 0.2) is 231 Å². The maximum absolute atomic E-state index is 5.17. The molecule has 0 radical (unpaired) electrons. The number of aromatic nitrogens is 8. The SMILES string of the molecule is c1ccc(-c2nc(-c3ccccc3)nc(-n3c4ccccc4c4ccc(-c5ccc6c(c5)c5ccccc5n6-c5cncc(-c6ccc7c(c6)c6ncccc6n7-c6ccccc6)c5)cc43)n2)cc1. The van der Waals surface area contributed by atoms with Gasteiger partial charge in [-0.1, -0.05) is 140 Å². The topological polar surface area (TPSA) is 79.2 Å². The van der Waals surface area contributed by atoms with Crippen molar-refractivity contribution in [3.63, 3.8) is 0 Å². The van der Waals surface area contributed by atoms with Crippen LogP contribution in [0.5, 0.6) is 0 Å². The lowest BCUT2D eigenvalue weighted by Gasteiger charge is -2.12. The molecule has 14 aromatic rings. The van der Waals surface area contributed by atoms with Gasteiger partial charge in [-0.3, -0.25) is 14.5 Å². The molecule has 0 atom stereocenters. The third kappa shape index (κ3) is 6.27. The van der Waals surface area contributed by atoms with E-state index >= 15 is 0 Å². The zero-order chi connectivity index (χ0) is 45.4. The third-order valence-corrected chi connectivity index (χ3v) is 13.4. The Labute approximate surface area is 395 Å². The van der Waals surface area contributed by atoms with Crippen LogP contribution >= 0.6 is 0 Å². The van der Waals surface area contributed by atoms with Gasteiger partial charge in [0.2, 0.25) is 5.95 Å². The van der Waals surface area contributed by atoms with Crippen LogP contribution in [0.25, 0.3) is 128 Å². The van der Waals surface area contributed by atoms with E-state index in [0.29, 0.717) is 17.6 Å². The molecule has 322 valence electrons. The molecular weight excluding hydrogens is 845 g/mol. The van der Waals surface area contributed by atoms with Crippen LogP contribution < -0.4 is 0 Å². The van der Waals surface area contributed by atoms with Crippen LogP contribution in [0.3, 0.4) is 0 Å². The molecule has 0 saturated carbocycles. The highest BCUT2D eigenvalue weighted by molar-refractivity contribution is 6.13. The second-order valence-corrected chi connectivity index (χ2v) is 17.4. The predicted molar refractivity (Wildman–Crippen MR) is 280 cm³/mol. The molecule has 0 aliphatic heterocycles. The number of hydrogen-bond donors (Lipinski definition) is 0. The fraction of sp³-hybridized carbons (Fsp3) is 0. The Bertz CT molecular complexity index is 4250. The average molecular weight is 883 g/mol. The van der Waals surface area contributed by atoms with Crippen molar-refractivity contribution in [2.75, 3.05) is 0 Å². The number of hydrogen-bond acceptors (Lipinski definition) is 5. The molecule has 0 bridgehead atoms. The van der Waals surface area contributed by atoms with Crippen molar-refractivity contribution < 1.29 is 0 Å². The Morgan fingerprint density at radius 3 is 1.54 bits per heavy atom. The summed E-state index contributed by atoms with van der Waals surface area (Å²) in [6.45, 7) is 0. The zero-order valence-corrected chi connectivity index (χ0v) is 37.0. The fourth-order valence-corrected chi connectivity index (χ4v) is 10.3. The van der Waals surface area contributed by atoms with Gasteiger partial charge in [-0.15, -0.1) is 0 Å². The number of nitrogens with zero attached hydrogens (tertiary/aromatic N) is 8. The number of para-hydroxylation sites is 3. The van der Waals surface area contributed by atoms with Crippen LogP contribution in [0.1, 0.15) is 0 Å². The van der Waals surface area contributed by atoms with Crippen LogP contribution in [0, 0.1) is 0 Å². The Morgan fingerprint density at radius 1 is 0.290 bits per heavy atom. The number of benzene rings is 8. The van der Waals surface area contributed by atoms with Gasteiger partial charge >= 0.3 is 0 Å². The van der Waals surface area contributed by atoms with Crippen molar-refractivity contribution in [2.24, 2.45) is 0 Å². The Balaban J connectivity index is 0.900. The summed E-state index contributed by atoms with van der Waals surface area (Å²) < 4.78 is 6.82. The molecule has 6 heterocycles. The van der Waals surface area contributed by atoms with Gasteiger partial charge in [-0.25, -0.2) is 4.98 Å². The van der Waals surface area contributed by atoms with E-state index < -0.39 is 0 Å². The first-order valence-electron chi connectivity index (χ1n) is 23.1. The predicted octanol–water partition coefficient (Wildman–Crippen LogP) is 14.6. The average Bonchev–Trinajstić information content (AvgIpc) is 4.06. The lowest BCUT2D eigenvalue weighted by atomic mass is 10.0. The van der Waals surface area contributed by atoms with Gasteiger partial charge in [0.15, 0.2) is 11.6 Å². The fourth-order valence-electron chi connectivity index (χ4n) is 10.3. The molecule has 0 saturated heterocycles. The summed E-state index contributed by atoms with van der Waals surface area (Å²) >= 11 is 0. The van der Waals surface area contributed by atoms with Crippen LogP contribution in [-0.2, 0) is 0 Å². The van der Waals surface area contributed by atoms with E-state index in [4.69, 9.17) is 24.9 Å². The minimum absolute atomic E-state index is 0.566. The summed E-state index contributed by atoms with van der Waals surface area (Å²) in [5.74, 6) is 1.81. The first-order valence-corrected chi connectivity index (χ1v) is 23.1. The molecule has 0 fully saturated rings. The summed E-state index contributed by atoms with van der Waals surface area (Å²) in [5, 5.41) is 5.69. The highest BCUT2D eigenvalue weighted by Crippen LogP contribution is 2.40. The smallest absolute Gasteiger partial charge is 0.238 e. The minimum Gasteiger partial charge on any atom is -0.308 e. The highest BCUT2D eigenvalue weighted by Gasteiger charge is 2.20. The van der Waals surface area contributed by atoms with Crippen molar-refractivity contribution in [2.45, 2.75) is 0 Å². The molecule has 0 aliphatic rings. The quantitative estimate of drug-likeness (QED) is 0.159. The van der Waals surface area contributed by atoms with Crippen molar-refractivity contribution in [3.05, 3.63) is 231 Å². The molecule has 8 aromatic carbocycles. The minimum atomic E-state index is 0.566. The molecular formula is C61H38N8. The van der Waals surface area contributed by atoms with Gasteiger partial charge in [0, 0.05) is 61.7 Å². The normalized spacial score (nSPS) is 11.8. The van der Waals surface area contributed by atoms with Gasteiger partial charge in [0.1, 0.15) is 0 Å². The van der Waals surface area contributed by atoms with Crippen molar-refractivity contribution in [1.82, 2.24) is 38.6 Å². The Hall–Kier alpha value is -9.53. The molecule has 69 heavy (non-hydrogen) atoms. The number of pyridine rings is 2. The molecule has 0 unspecified atom stereocenters. The Kier molecular flexibility index (Phi) is 8.72. The maximum Gasteiger partial charge on any atom is 0.238 e. The van der Waals surface area contributed by atoms with E-state index in [1.165, 1.54) is 5.39 Å². The first-order chi connectivity index (χ1) is 34.2. The molecule has 14 rings (SSSR count). The van der Waals surface area contributed by atoms with E-state index in [2.05, 4.69) is 153 Å². The number of rotatable bonds is 7. The van der Waals surface area contributed by atoms with Crippen molar-refractivity contribution in [1.29, 1.82) is 0 Å². The molecule has 8 heteroatoms. The number of fused-ring (bicyclic) bond motifs is 9. The second-order valence-electron chi connectivity index (χ2n) is 17.4. The second kappa shape index (κ2) is 15.5. The van der Waals surface area contributed by atoms with Crippen molar-refractivity contribution >= 4 is 65.5 Å². The molecule has 0 aliphatic carbocycles. The van der Waals surface area contributed by atoms with E-state index in [-0.39, 0.29) is 0 Å². The summed E-state index contributed by atoms with van der Waals surface area (Å²) in [7, 11) is 0.